The van der Waals surface area contributed by atoms with Crippen molar-refractivity contribution in [3.8, 4) is 0 Å². The topological polar surface area (TPSA) is 12.0 Å². The summed E-state index contributed by atoms with van der Waals surface area (Å²) in [4.78, 5) is 0. The van der Waals surface area contributed by atoms with Gasteiger partial charge in [0.1, 0.15) is 0 Å². The van der Waals surface area contributed by atoms with Crippen LogP contribution in [-0.4, -0.2) is 13.1 Å². The quantitative estimate of drug-likeness (QED) is 0.324. The number of hydrogen-bond acceptors (Lipinski definition) is 1. The molecule has 108 valence electrons. The maximum Gasteiger partial charge on any atom is -0.00116 e. The zero-order valence-electron chi connectivity index (χ0n) is 13.3. The van der Waals surface area contributed by atoms with Crippen LogP contribution in [0.1, 0.15) is 53.4 Å². The van der Waals surface area contributed by atoms with Gasteiger partial charge in [-0.25, -0.2) is 0 Å². The first-order valence-corrected chi connectivity index (χ1v) is 7.44. The standard InChI is InChI=1S/C18H31N/c1-7-11-19-12-10-15(4)13-16(5)14-18(9-3)17(6)8-2/h8,14,19H,4-5,7,9-13H2,1-3,6H3/b17-8-,18-14-. The largest absolute Gasteiger partial charge is 0.316 e. The van der Waals surface area contributed by atoms with Crippen LogP contribution in [0.25, 0.3) is 0 Å². The second-order valence-corrected chi connectivity index (χ2v) is 5.08. The van der Waals surface area contributed by atoms with Crippen LogP contribution in [-0.2, 0) is 0 Å². The fraction of sp³-hybridized carbons (Fsp3) is 0.556. The first-order valence-electron chi connectivity index (χ1n) is 7.44. The first kappa shape index (κ1) is 17.9. The Hall–Kier alpha value is -1.08. The molecule has 0 radical (unpaired) electrons. The Morgan fingerprint density at radius 2 is 1.84 bits per heavy atom. The third-order valence-electron chi connectivity index (χ3n) is 3.26. The molecule has 0 aliphatic heterocycles. The van der Waals surface area contributed by atoms with E-state index < -0.39 is 0 Å². The van der Waals surface area contributed by atoms with Gasteiger partial charge in [0, 0.05) is 0 Å². The number of allylic oxidation sites excluding steroid dienone is 5. The third-order valence-corrected chi connectivity index (χ3v) is 3.26. The molecule has 0 rings (SSSR count). The molecule has 0 amide bonds. The van der Waals surface area contributed by atoms with Gasteiger partial charge in [0.2, 0.25) is 0 Å². The van der Waals surface area contributed by atoms with Crippen molar-refractivity contribution < 1.29 is 0 Å². The summed E-state index contributed by atoms with van der Waals surface area (Å²) >= 11 is 0. The fourth-order valence-electron chi connectivity index (χ4n) is 1.95. The summed E-state index contributed by atoms with van der Waals surface area (Å²) in [5.74, 6) is 0. The molecule has 0 heterocycles. The zero-order valence-corrected chi connectivity index (χ0v) is 13.3. The van der Waals surface area contributed by atoms with Gasteiger partial charge in [0.25, 0.3) is 0 Å². The van der Waals surface area contributed by atoms with E-state index in [4.69, 9.17) is 0 Å². The Kier molecular flexibility index (Phi) is 10.2. The molecule has 0 aromatic heterocycles. The lowest BCUT2D eigenvalue weighted by Crippen LogP contribution is -2.16. The van der Waals surface area contributed by atoms with Crippen molar-refractivity contribution >= 4 is 0 Å². The summed E-state index contributed by atoms with van der Waals surface area (Å²) in [6.45, 7) is 19.0. The molecule has 0 aliphatic rings. The maximum absolute atomic E-state index is 4.16. The molecule has 1 heteroatoms. The molecular formula is C18H31N. The Morgan fingerprint density at radius 3 is 2.37 bits per heavy atom. The molecule has 0 aromatic carbocycles. The highest BCUT2D eigenvalue weighted by molar-refractivity contribution is 5.36. The highest BCUT2D eigenvalue weighted by atomic mass is 14.8. The number of hydrogen-bond donors (Lipinski definition) is 1. The predicted octanol–water partition coefficient (Wildman–Crippen LogP) is 5.18. The van der Waals surface area contributed by atoms with Crippen molar-refractivity contribution in [2.75, 3.05) is 13.1 Å². The van der Waals surface area contributed by atoms with E-state index in [1.54, 1.807) is 0 Å². The van der Waals surface area contributed by atoms with Crippen LogP contribution in [0.15, 0.2) is 47.6 Å². The van der Waals surface area contributed by atoms with E-state index in [1.807, 2.05) is 0 Å². The van der Waals surface area contributed by atoms with Gasteiger partial charge in [-0.05, 0) is 58.2 Å². The average molecular weight is 261 g/mol. The molecule has 0 unspecified atom stereocenters. The summed E-state index contributed by atoms with van der Waals surface area (Å²) in [5, 5.41) is 3.40. The minimum absolute atomic E-state index is 0.911. The van der Waals surface area contributed by atoms with Gasteiger partial charge in [-0.15, -0.1) is 0 Å². The molecule has 19 heavy (non-hydrogen) atoms. The van der Waals surface area contributed by atoms with Gasteiger partial charge < -0.3 is 5.32 Å². The molecule has 0 atom stereocenters. The van der Waals surface area contributed by atoms with Gasteiger partial charge in [-0.2, -0.15) is 0 Å². The van der Waals surface area contributed by atoms with Crippen LogP contribution < -0.4 is 5.32 Å². The van der Waals surface area contributed by atoms with Crippen LogP contribution in [0.2, 0.25) is 0 Å². The lowest BCUT2D eigenvalue weighted by molar-refractivity contribution is 0.665. The SMILES string of the molecule is C=C(/C=C(CC)\C(C)=C/C)CC(=C)CCNCCC. The molecule has 0 bridgehead atoms. The van der Waals surface area contributed by atoms with Gasteiger partial charge in [0.15, 0.2) is 0 Å². The lowest BCUT2D eigenvalue weighted by atomic mass is 9.98. The minimum atomic E-state index is 0.911. The monoisotopic (exact) mass is 261 g/mol. The molecule has 0 saturated carbocycles. The highest BCUT2D eigenvalue weighted by Crippen LogP contribution is 2.19. The van der Waals surface area contributed by atoms with Gasteiger partial charge in [-0.3, -0.25) is 0 Å². The number of nitrogens with one attached hydrogen (secondary N) is 1. The first-order chi connectivity index (χ1) is 9.04. The normalized spacial score (nSPS) is 12.6. The molecular weight excluding hydrogens is 230 g/mol. The second-order valence-electron chi connectivity index (χ2n) is 5.08. The van der Waals surface area contributed by atoms with E-state index in [1.165, 1.54) is 28.7 Å². The van der Waals surface area contributed by atoms with Crippen LogP contribution in [0.3, 0.4) is 0 Å². The van der Waals surface area contributed by atoms with E-state index in [0.717, 1.165) is 32.4 Å². The van der Waals surface area contributed by atoms with Crippen molar-refractivity contribution in [2.45, 2.75) is 53.4 Å². The lowest BCUT2D eigenvalue weighted by Gasteiger charge is -2.09. The maximum atomic E-state index is 4.16. The smallest absolute Gasteiger partial charge is 0.00116 e. The van der Waals surface area contributed by atoms with E-state index >= 15 is 0 Å². The summed E-state index contributed by atoms with van der Waals surface area (Å²) in [5.41, 5.74) is 5.15. The zero-order chi connectivity index (χ0) is 14.7. The molecule has 0 saturated heterocycles. The van der Waals surface area contributed by atoms with Gasteiger partial charge in [-0.1, -0.05) is 55.9 Å². The molecule has 1 nitrogen and oxygen atoms in total. The summed E-state index contributed by atoms with van der Waals surface area (Å²) in [7, 11) is 0. The number of rotatable bonds is 10. The van der Waals surface area contributed by atoms with Crippen LogP contribution in [0.4, 0.5) is 0 Å². The minimum Gasteiger partial charge on any atom is -0.316 e. The Balaban J connectivity index is 4.22. The Labute approximate surface area is 120 Å². The Bertz CT molecular complexity index is 345. The molecule has 0 aromatic rings. The average Bonchev–Trinajstić information content (AvgIpc) is 2.40. The molecule has 1 N–H and O–H groups in total. The van der Waals surface area contributed by atoms with Crippen molar-refractivity contribution in [2.24, 2.45) is 0 Å². The Morgan fingerprint density at radius 1 is 1.16 bits per heavy atom. The molecule has 0 spiro atoms. The highest BCUT2D eigenvalue weighted by Gasteiger charge is 2.00. The van der Waals surface area contributed by atoms with Crippen molar-refractivity contribution in [1.82, 2.24) is 5.32 Å². The van der Waals surface area contributed by atoms with E-state index in [2.05, 4.69) is 58.3 Å². The third kappa shape index (κ3) is 8.61. The van der Waals surface area contributed by atoms with Crippen LogP contribution >= 0.6 is 0 Å². The van der Waals surface area contributed by atoms with Gasteiger partial charge >= 0.3 is 0 Å². The van der Waals surface area contributed by atoms with Crippen LogP contribution in [0.5, 0.6) is 0 Å². The van der Waals surface area contributed by atoms with Crippen LogP contribution in [0, 0.1) is 0 Å². The summed E-state index contributed by atoms with van der Waals surface area (Å²) in [6, 6.07) is 0. The van der Waals surface area contributed by atoms with E-state index in [0.29, 0.717) is 0 Å². The van der Waals surface area contributed by atoms with Crippen molar-refractivity contribution in [1.29, 1.82) is 0 Å². The predicted molar refractivity (Wildman–Crippen MR) is 88.5 cm³/mol. The summed E-state index contributed by atoms with van der Waals surface area (Å²) < 4.78 is 0. The van der Waals surface area contributed by atoms with E-state index in [9.17, 15) is 0 Å². The van der Waals surface area contributed by atoms with Crippen molar-refractivity contribution in [3.63, 3.8) is 0 Å². The van der Waals surface area contributed by atoms with Crippen molar-refractivity contribution in [3.05, 3.63) is 47.6 Å². The van der Waals surface area contributed by atoms with E-state index in [-0.39, 0.29) is 0 Å². The van der Waals surface area contributed by atoms with Gasteiger partial charge in [0.05, 0.1) is 0 Å². The second kappa shape index (κ2) is 10.8. The fourth-order valence-corrected chi connectivity index (χ4v) is 1.95. The molecule has 0 aliphatic carbocycles. The summed E-state index contributed by atoms with van der Waals surface area (Å²) in [6.07, 6.45) is 8.57. The molecule has 0 fully saturated rings.